The number of carbonyl (C=O) groups is 1. The summed E-state index contributed by atoms with van der Waals surface area (Å²) in [6, 6.07) is 18.8. The normalized spacial score (nSPS) is 10.9. The highest BCUT2D eigenvalue weighted by atomic mass is 16.5. The van der Waals surface area contributed by atoms with Crippen LogP contribution in [0.4, 0.5) is 5.69 Å². The molecule has 0 bridgehead atoms. The van der Waals surface area contributed by atoms with Crippen LogP contribution in [0.3, 0.4) is 0 Å². The predicted molar refractivity (Wildman–Crippen MR) is 132 cm³/mol. The molecule has 0 heterocycles. The molecule has 1 amide bonds. The summed E-state index contributed by atoms with van der Waals surface area (Å²) in [5.74, 6) is 2.28. The van der Waals surface area contributed by atoms with Gasteiger partial charge in [-0.25, -0.2) is 0 Å². The van der Waals surface area contributed by atoms with E-state index < -0.39 is 0 Å². The minimum atomic E-state index is -0.210. The first-order valence-electron chi connectivity index (χ1n) is 10.3. The van der Waals surface area contributed by atoms with E-state index in [-0.39, 0.29) is 5.91 Å². The predicted octanol–water partition coefficient (Wildman–Crippen LogP) is 5.54. The Morgan fingerprint density at radius 2 is 1.36 bits per heavy atom. The summed E-state index contributed by atoms with van der Waals surface area (Å²) in [5.41, 5.74) is 3.48. The fourth-order valence-electron chi connectivity index (χ4n) is 3.17. The van der Waals surface area contributed by atoms with E-state index >= 15 is 0 Å². The second-order valence-electron chi connectivity index (χ2n) is 7.01. The smallest absolute Gasteiger partial charge is 0.248 e. The molecule has 6 nitrogen and oxygen atoms in total. The lowest BCUT2D eigenvalue weighted by atomic mass is 10.1. The van der Waals surface area contributed by atoms with Crippen molar-refractivity contribution in [2.45, 2.75) is 0 Å². The van der Waals surface area contributed by atoms with Gasteiger partial charge in [0.25, 0.3) is 0 Å². The van der Waals surface area contributed by atoms with E-state index in [2.05, 4.69) is 5.32 Å². The lowest BCUT2D eigenvalue weighted by molar-refractivity contribution is -0.111. The summed E-state index contributed by atoms with van der Waals surface area (Å²) in [4.78, 5) is 12.2. The van der Waals surface area contributed by atoms with E-state index in [1.807, 2.05) is 72.8 Å². The van der Waals surface area contributed by atoms with Crippen LogP contribution >= 0.6 is 0 Å². The number of nitrogens with one attached hydrogen (secondary N) is 1. The first kappa shape index (κ1) is 23.5. The largest absolute Gasteiger partial charge is 0.497 e. The Hall–Kier alpha value is -4.19. The number of benzene rings is 3. The number of anilines is 1. The molecule has 33 heavy (non-hydrogen) atoms. The minimum absolute atomic E-state index is 0.210. The quantitative estimate of drug-likeness (QED) is 0.346. The Balaban J connectivity index is 1.65. The molecule has 0 unspecified atom stereocenters. The van der Waals surface area contributed by atoms with E-state index in [1.165, 1.54) is 6.08 Å². The van der Waals surface area contributed by atoms with Gasteiger partial charge < -0.3 is 24.3 Å². The van der Waals surface area contributed by atoms with Gasteiger partial charge in [0, 0.05) is 11.8 Å². The maximum Gasteiger partial charge on any atom is 0.248 e. The van der Waals surface area contributed by atoms with Crippen molar-refractivity contribution >= 4 is 29.8 Å². The topological polar surface area (TPSA) is 66.0 Å². The highest BCUT2D eigenvalue weighted by molar-refractivity contribution is 6.02. The number of hydrogen-bond donors (Lipinski definition) is 1. The standard InChI is InChI=1S/C27H27NO5/c1-30-23-7-5-6-20(16-23)12-15-26(29)28-22-13-10-19(11-14-22)8-9-21-17-24(31-2)27(33-4)25(18-21)32-3/h5-18H,1-4H3,(H,28,29)/b9-8+,15-12+. The fraction of sp³-hybridized carbons (Fsp3) is 0.148. The third-order valence-corrected chi connectivity index (χ3v) is 4.85. The van der Waals surface area contributed by atoms with Gasteiger partial charge in [0.05, 0.1) is 28.4 Å². The van der Waals surface area contributed by atoms with Crippen molar-refractivity contribution in [1.29, 1.82) is 0 Å². The molecule has 0 spiro atoms. The van der Waals surface area contributed by atoms with Crippen LogP contribution in [-0.2, 0) is 4.79 Å². The monoisotopic (exact) mass is 445 g/mol. The van der Waals surface area contributed by atoms with Gasteiger partial charge >= 0.3 is 0 Å². The Labute approximate surface area is 194 Å². The maximum atomic E-state index is 12.2. The summed E-state index contributed by atoms with van der Waals surface area (Å²) in [7, 11) is 6.36. The van der Waals surface area contributed by atoms with Crippen molar-refractivity contribution in [3.63, 3.8) is 0 Å². The van der Waals surface area contributed by atoms with Crippen LogP contribution in [0, 0.1) is 0 Å². The van der Waals surface area contributed by atoms with Gasteiger partial charge in [-0.15, -0.1) is 0 Å². The van der Waals surface area contributed by atoms with Gasteiger partial charge in [-0.2, -0.15) is 0 Å². The van der Waals surface area contributed by atoms with Crippen molar-refractivity contribution in [1.82, 2.24) is 0 Å². The lowest BCUT2D eigenvalue weighted by Gasteiger charge is -2.12. The van der Waals surface area contributed by atoms with Crippen LogP contribution < -0.4 is 24.3 Å². The van der Waals surface area contributed by atoms with Gasteiger partial charge in [0.1, 0.15) is 5.75 Å². The molecular formula is C27H27NO5. The number of rotatable bonds is 9. The van der Waals surface area contributed by atoms with Crippen LogP contribution in [0.25, 0.3) is 18.2 Å². The average molecular weight is 446 g/mol. The zero-order valence-electron chi connectivity index (χ0n) is 19.1. The summed E-state index contributed by atoms with van der Waals surface area (Å²) in [6.45, 7) is 0. The van der Waals surface area contributed by atoms with Crippen molar-refractivity contribution in [2.24, 2.45) is 0 Å². The molecule has 0 aromatic heterocycles. The molecular weight excluding hydrogens is 418 g/mol. The van der Waals surface area contributed by atoms with E-state index in [0.717, 1.165) is 22.4 Å². The van der Waals surface area contributed by atoms with Crippen LogP contribution in [0.1, 0.15) is 16.7 Å². The zero-order chi connectivity index (χ0) is 23.6. The Morgan fingerprint density at radius 3 is 1.97 bits per heavy atom. The van der Waals surface area contributed by atoms with E-state index in [4.69, 9.17) is 18.9 Å². The number of carbonyl (C=O) groups excluding carboxylic acids is 1. The third-order valence-electron chi connectivity index (χ3n) is 4.85. The van der Waals surface area contributed by atoms with Crippen molar-refractivity contribution in [3.05, 3.63) is 83.4 Å². The minimum Gasteiger partial charge on any atom is -0.497 e. The first-order chi connectivity index (χ1) is 16.1. The zero-order valence-corrected chi connectivity index (χ0v) is 19.1. The third kappa shape index (κ3) is 6.40. The highest BCUT2D eigenvalue weighted by Crippen LogP contribution is 2.38. The molecule has 1 N–H and O–H groups in total. The summed E-state index contributed by atoms with van der Waals surface area (Å²) in [6.07, 6.45) is 7.16. The van der Waals surface area contributed by atoms with Crippen LogP contribution in [0.2, 0.25) is 0 Å². The molecule has 3 aromatic carbocycles. The molecule has 0 aliphatic rings. The summed E-state index contributed by atoms with van der Waals surface area (Å²) in [5, 5.41) is 2.86. The molecule has 0 saturated heterocycles. The van der Waals surface area contributed by atoms with Crippen LogP contribution in [0.15, 0.2) is 66.7 Å². The molecule has 0 aliphatic carbocycles. The van der Waals surface area contributed by atoms with Gasteiger partial charge in [0.2, 0.25) is 11.7 Å². The number of methoxy groups -OCH3 is 4. The molecule has 3 aromatic rings. The highest BCUT2D eigenvalue weighted by Gasteiger charge is 2.11. The van der Waals surface area contributed by atoms with E-state index in [9.17, 15) is 4.79 Å². The SMILES string of the molecule is COc1cccc(/C=C/C(=O)Nc2ccc(/C=C/c3cc(OC)c(OC)c(OC)c3)cc2)c1. The summed E-state index contributed by atoms with van der Waals surface area (Å²) < 4.78 is 21.3. The van der Waals surface area contributed by atoms with Crippen molar-refractivity contribution < 1.29 is 23.7 Å². The summed E-state index contributed by atoms with van der Waals surface area (Å²) >= 11 is 0. The number of hydrogen-bond acceptors (Lipinski definition) is 5. The lowest BCUT2D eigenvalue weighted by Crippen LogP contribution is -2.07. The molecule has 6 heteroatoms. The molecule has 0 saturated carbocycles. The molecule has 170 valence electrons. The van der Waals surface area contributed by atoms with Crippen LogP contribution in [-0.4, -0.2) is 34.3 Å². The van der Waals surface area contributed by atoms with Gasteiger partial charge in [-0.05, 0) is 59.2 Å². The second kappa shape index (κ2) is 11.4. The number of ether oxygens (including phenoxy) is 4. The van der Waals surface area contributed by atoms with Gasteiger partial charge in [-0.1, -0.05) is 36.4 Å². The molecule has 0 fully saturated rings. The molecule has 0 radical (unpaired) electrons. The fourth-order valence-corrected chi connectivity index (χ4v) is 3.17. The van der Waals surface area contributed by atoms with Crippen molar-refractivity contribution in [3.8, 4) is 23.0 Å². The Kier molecular flexibility index (Phi) is 8.13. The first-order valence-corrected chi connectivity index (χ1v) is 10.3. The molecule has 3 rings (SSSR count). The average Bonchev–Trinajstić information content (AvgIpc) is 2.86. The molecule has 0 aliphatic heterocycles. The van der Waals surface area contributed by atoms with Gasteiger partial charge in [0.15, 0.2) is 11.5 Å². The molecule has 0 atom stereocenters. The van der Waals surface area contributed by atoms with E-state index in [0.29, 0.717) is 22.9 Å². The van der Waals surface area contributed by atoms with E-state index in [1.54, 1.807) is 34.5 Å². The van der Waals surface area contributed by atoms with Gasteiger partial charge in [-0.3, -0.25) is 4.79 Å². The second-order valence-corrected chi connectivity index (χ2v) is 7.01. The van der Waals surface area contributed by atoms with Crippen LogP contribution in [0.5, 0.6) is 23.0 Å². The Bertz CT molecular complexity index is 1120. The maximum absolute atomic E-state index is 12.2. The number of amides is 1. The van der Waals surface area contributed by atoms with Crippen molar-refractivity contribution in [2.75, 3.05) is 33.8 Å². The Morgan fingerprint density at radius 1 is 0.697 bits per heavy atom.